The van der Waals surface area contributed by atoms with Crippen molar-refractivity contribution in [3.8, 4) is 0 Å². The second-order valence-electron chi connectivity index (χ2n) is 4.81. The van der Waals surface area contributed by atoms with Crippen molar-refractivity contribution in [2.45, 2.75) is 47.0 Å². The van der Waals surface area contributed by atoms with E-state index in [9.17, 15) is 4.79 Å². The highest BCUT2D eigenvalue weighted by Crippen LogP contribution is 2.55. The third kappa shape index (κ3) is 1.88. The van der Waals surface area contributed by atoms with Gasteiger partial charge in [-0.05, 0) is 24.2 Å². The molecule has 1 fully saturated rings. The van der Waals surface area contributed by atoms with Crippen LogP contribution in [-0.2, 0) is 4.79 Å². The second kappa shape index (κ2) is 3.20. The molecule has 0 atom stereocenters. The molecule has 0 aliphatic heterocycles. The van der Waals surface area contributed by atoms with E-state index in [0.717, 1.165) is 6.42 Å². The summed E-state index contributed by atoms with van der Waals surface area (Å²) in [5.74, 6) is 1.35. The molecule has 1 saturated carbocycles. The minimum Gasteiger partial charge on any atom is -0.299 e. The van der Waals surface area contributed by atoms with E-state index in [4.69, 9.17) is 0 Å². The summed E-state index contributed by atoms with van der Waals surface area (Å²) in [6.45, 7) is 8.47. The van der Waals surface area contributed by atoms with Crippen LogP contribution in [0, 0.1) is 17.3 Å². The fourth-order valence-electron chi connectivity index (χ4n) is 1.67. The Morgan fingerprint density at radius 3 is 2.00 bits per heavy atom. The number of Topliss-reactive ketones (excluding diaryl/α,β-unsaturated/α-hetero) is 1. The zero-order valence-electron chi connectivity index (χ0n) is 8.68. The van der Waals surface area contributed by atoms with Crippen LogP contribution < -0.4 is 0 Å². The summed E-state index contributed by atoms with van der Waals surface area (Å²) in [7, 11) is 0. The highest BCUT2D eigenvalue weighted by molar-refractivity contribution is 5.81. The summed E-state index contributed by atoms with van der Waals surface area (Å²) < 4.78 is 0. The highest BCUT2D eigenvalue weighted by atomic mass is 16.1. The van der Waals surface area contributed by atoms with Crippen LogP contribution in [0.25, 0.3) is 0 Å². The van der Waals surface area contributed by atoms with Crippen LogP contribution in [0.3, 0.4) is 0 Å². The predicted octanol–water partition coefficient (Wildman–Crippen LogP) is 3.04. The summed E-state index contributed by atoms with van der Waals surface area (Å²) in [4.78, 5) is 11.5. The average molecular weight is 168 g/mol. The predicted molar refractivity (Wildman–Crippen MR) is 51.0 cm³/mol. The number of carbonyl (C=O) groups excluding carboxylic acids is 1. The van der Waals surface area contributed by atoms with Crippen molar-refractivity contribution in [3.05, 3.63) is 0 Å². The van der Waals surface area contributed by atoms with Crippen molar-refractivity contribution in [2.75, 3.05) is 0 Å². The lowest BCUT2D eigenvalue weighted by Crippen LogP contribution is -2.18. The summed E-state index contributed by atoms with van der Waals surface area (Å²) in [5, 5.41) is 0. The van der Waals surface area contributed by atoms with Gasteiger partial charge in [0.25, 0.3) is 0 Å². The van der Waals surface area contributed by atoms with Gasteiger partial charge in [-0.15, -0.1) is 0 Å². The number of rotatable bonds is 4. The first-order chi connectivity index (χ1) is 5.48. The largest absolute Gasteiger partial charge is 0.299 e. The maximum Gasteiger partial charge on any atom is 0.135 e. The van der Waals surface area contributed by atoms with Gasteiger partial charge in [0.15, 0.2) is 0 Å². The van der Waals surface area contributed by atoms with Gasteiger partial charge in [-0.1, -0.05) is 27.7 Å². The standard InChI is InChI=1S/C11H20O/c1-8(2)10(12)7-11(5-6-11)9(3)4/h8-9H,5-7H2,1-4H3. The van der Waals surface area contributed by atoms with E-state index < -0.39 is 0 Å². The van der Waals surface area contributed by atoms with Crippen LogP contribution in [0.5, 0.6) is 0 Å². The zero-order chi connectivity index (χ0) is 9.35. The molecule has 0 amide bonds. The molecule has 0 heterocycles. The lowest BCUT2D eigenvalue weighted by atomic mass is 9.85. The molecule has 1 rings (SSSR count). The highest BCUT2D eigenvalue weighted by Gasteiger charge is 2.46. The van der Waals surface area contributed by atoms with Crippen LogP contribution in [0.4, 0.5) is 0 Å². The number of carbonyl (C=O) groups is 1. The van der Waals surface area contributed by atoms with Crippen LogP contribution in [-0.4, -0.2) is 5.78 Å². The van der Waals surface area contributed by atoms with Crippen molar-refractivity contribution in [3.63, 3.8) is 0 Å². The molecule has 0 unspecified atom stereocenters. The van der Waals surface area contributed by atoms with E-state index in [-0.39, 0.29) is 5.92 Å². The zero-order valence-corrected chi connectivity index (χ0v) is 8.68. The summed E-state index contributed by atoms with van der Waals surface area (Å²) in [6.07, 6.45) is 3.36. The van der Waals surface area contributed by atoms with Crippen molar-refractivity contribution in [1.29, 1.82) is 0 Å². The fraction of sp³-hybridized carbons (Fsp3) is 0.909. The molecular weight excluding hydrogens is 148 g/mol. The van der Waals surface area contributed by atoms with Crippen molar-refractivity contribution >= 4 is 5.78 Å². The first kappa shape index (κ1) is 9.76. The van der Waals surface area contributed by atoms with Crippen molar-refractivity contribution in [1.82, 2.24) is 0 Å². The Bertz CT molecular complexity index is 175. The molecule has 0 aromatic carbocycles. The van der Waals surface area contributed by atoms with Gasteiger partial charge in [0, 0.05) is 12.3 Å². The Balaban J connectivity index is 2.46. The number of hydrogen-bond acceptors (Lipinski definition) is 1. The van der Waals surface area contributed by atoms with E-state index in [1.807, 2.05) is 13.8 Å². The lowest BCUT2D eigenvalue weighted by Gasteiger charge is -2.19. The van der Waals surface area contributed by atoms with Gasteiger partial charge in [-0.3, -0.25) is 4.79 Å². The first-order valence-corrected chi connectivity index (χ1v) is 5.01. The number of hydrogen-bond donors (Lipinski definition) is 0. The Kier molecular flexibility index (Phi) is 2.60. The normalized spacial score (nSPS) is 20.2. The van der Waals surface area contributed by atoms with Crippen molar-refractivity contribution < 1.29 is 4.79 Å². The molecule has 0 aromatic rings. The van der Waals surface area contributed by atoms with E-state index >= 15 is 0 Å². The third-order valence-corrected chi connectivity index (χ3v) is 3.29. The molecule has 70 valence electrons. The van der Waals surface area contributed by atoms with Crippen LogP contribution in [0.2, 0.25) is 0 Å². The Morgan fingerprint density at radius 2 is 1.75 bits per heavy atom. The van der Waals surface area contributed by atoms with E-state index in [0.29, 0.717) is 17.1 Å². The molecule has 12 heavy (non-hydrogen) atoms. The van der Waals surface area contributed by atoms with E-state index in [1.54, 1.807) is 0 Å². The molecule has 0 bridgehead atoms. The second-order valence-corrected chi connectivity index (χ2v) is 4.81. The molecule has 0 aromatic heterocycles. The van der Waals surface area contributed by atoms with Crippen molar-refractivity contribution in [2.24, 2.45) is 17.3 Å². The van der Waals surface area contributed by atoms with Gasteiger partial charge in [0.2, 0.25) is 0 Å². The van der Waals surface area contributed by atoms with E-state index in [1.165, 1.54) is 12.8 Å². The molecule has 0 saturated heterocycles. The summed E-state index contributed by atoms with van der Waals surface area (Å²) in [5.41, 5.74) is 0.404. The molecule has 1 heteroatoms. The van der Waals surface area contributed by atoms with Gasteiger partial charge < -0.3 is 0 Å². The molecular formula is C11H20O. The molecule has 1 nitrogen and oxygen atoms in total. The van der Waals surface area contributed by atoms with Gasteiger partial charge in [-0.25, -0.2) is 0 Å². The van der Waals surface area contributed by atoms with Crippen LogP contribution in [0.1, 0.15) is 47.0 Å². The number of ketones is 1. The van der Waals surface area contributed by atoms with E-state index in [2.05, 4.69) is 13.8 Å². The van der Waals surface area contributed by atoms with Crippen LogP contribution >= 0.6 is 0 Å². The Morgan fingerprint density at radius 1 is 1.25 bits per heavy atom. The third-order valence-electron chi connectivity index (χ3n) is 3.29. The quantitative estimate of drug-likeness (QED) is 0.630. The minimum absolute atomic E-state index is 0.223. The topological polar surface area (TPSA) is 17.1 Å². The maximum absolute atomic E-state index is 11.5. The lowest BCUT2D eigenvalue weighted by molar-refractivity contribution is -0.123. The Hall–Kier alpha value is -0.330. The average Bonchev–Trinajstić information content (AvgIpc) is 2.68. The van der Waals surface area contributed by atoms with Gasteiger partial charge >= 0.3 is 0 Å². The van der Waals surface area contributed by atoms with Crippen LogP contribution in [0.15, 0.2) is 0 Å². The van der Waals surface area contributed by atoms with Gasteiger partial charge in [0.1, 0.15) is 5.78 Å². The smallest absolute Gasteiger partial charge is 0.135 e. The molecule has 0 spiro atoms. The molecule has 0 N–H and O–H groups in total. The maximum atomic E-state index is 11.5. The Labute approximate surface area is 75.5 Å². The summed E-state index contributed by atoms with van der Waals surface area (Å²) >= 11 is 0. The molecule has 0 radical (unpaired) electrons. The van der Waals surface area contributed by atoms with Gasteiger partial charge in [0.05, 0.1) is 0 Å². The first-order valence-electron chi connectivity index (χ1n) is 5.01. The summed E-state index contributed by atoms with van der Waals surface area (Å²) in [6, 6.07) is 0. The molecule has 1 aliphatic carbocycles. The fourth-order valence-corrected chi connectivity index (χ4v) is 1.67. The minimum atomic E-state index is 0.223. The SMILES string of the molecule is CC(C)C(=O)CC1(C(C)C)CC1. The monoisotopic (exact) mass is 168 g/mol. The molecule has 1 aliphatic rings. The van der Waals surface area contributed by atoms with Gasteiger partial charge in [-0.2, -0.15) is 0 Å².